The largest absolute Gasteiger partial charge is 0.353 e. The predicted molar refractivity (Wildman–Crippen MR) is 135 cm³/mol. The maximum atomic E-state index is 12.6. The average Bonchev–Trinajstić information content (AvgIpc) is 2.80. The number of carbonyl (C=O) groups excluding carboxylic acids is 1. The Morgan fingerprint density at radius 2 is 1.36 bits per heavy atom. The number of carbonyl (C=O) groups is 1. The van der Waals surface area contributed by atoms with Crippen LogP contribution in [0.3, 0.4) is 0 Å². The Morgan fingerprint density at radius 3 is 1.97 bits per heavy atom. The molecule has 0 bridgehead atoms. The van der Waals surface area contributed by atoms with Gasteiger partial charge < -0.3 is 5.32 Å². The summed E-state index contributed by atoms with van der Waals surface area (Å²) < 4.78 is 0. The highest BCUT2D eigenvalue weighted by molar-refractivity contribution is 7.99. The van der Waals surface area contributed by atoms with E-state index in [1.807, 2.05) is 12.1 Å². The van der Waals surface area contributed by atoms with E-state index in [9.17, 15) is 4.79 Å². The smallest absolute Gasteiger partial charge is 0.230 e. The third-order valence-corrected chi connectivity index (χ3v) is 6.96. The van der Waals surface area contributed by atoms with Crippen molar-refractivity contribution in [3.63, 3.8) is 0 Å². The molecule has 2 aromatic carbocycles. The zero-order valence-corrected chi connectivity index (χ0v) is 20.3. The molecule has 1 N–H and O–H groups in total. The Balaban J connectivity index is 1.50. The molecule has 5 nitrogen and oxygen atoms in total. The molecule has 1 amide bonds. The van der Waals surface area contributed by atoms with Crippen LogP contribution in [0.5, 0.6) is 0 Å². The number of aromatic nitrogens is 3. The molecule has 4 rings (SSSR count). The van der Waals surface area contributed by atoms with Crippen LogP contribution >= 0.6 is 11.8 Å². The lowest BCUT2D eigenvalue weighted by Crippen LogP contribution is -2.36. The molecule has 6 heteroatoms. The van der Waals surface area contributed by atoms with Gasteiger partial charge in [0.2, 0.25) is 11.1 Å². The number of benzene rings is 2. The molecular weight excluding hydrogens is 428 g/mol. The summed E-state index contributed by atoms with van der Waals surface area (Å²) in [5, 5.41) is 12.6. The molecule has 0 atom stereocenters. The number of thioether (sulfide) groups is 1. The third-order valence-electron chi connectivity index (χ3n) is 6.12. The zero-order chi connectivity index (χ0) is 23.0. The van der Waals surface area contributed by atoms with Gasteiger partial charge in [0.1, 0.15) is 11.4 Å². The lowest BCUT2D eigenvalue weighted by atomic mass is 9.97. The third kappa shape index (κ3) is 6.64. The fourth-order valence-corrected chi connectivity index (χ4v) is 4.79. The van der Waals surface area contributed by atoms with Gasteiger partial charge in [-0.25, -0.2) is 4.98 Å². The predicted octanol–water partition coefficient (Wildman–Crippen LogP) is 6.14. The Kier molecular flexibility index (Phi) is 8.10. The molecule has 1 aliphatic rings. The molecule has 33 heavy (non-hydrogen) atoms. The Hall–Kier alpha value is -2.73. The fourth-order valence-electron chi connectivity index (χ4n) is 4.19. The van der Waals surface area contributed by atoms with Gasteiger partial charge in [0.25, 0.3) is 0 Å². The van der Waals surface area contributed by atoms with E-state index >= 15 is 0 Å². The van der Waals surface area contributed by atoms with E-state index in [-0.39, 0.29) is 5.91 Å². The summed E-state index contributed by atoms with van der Waals surface area (Å²) in [7, 11) is 0. The second-order valence-electron chi connectivity index (χ2n) is 8.92. The van der Waals surface area contributed by atoms with Crippen molar-refractivity contribution in [2.45, 2.75) is 70.0 Å². The van der Waals surface area contributed by atoms with Crippen LogP contribution in [-0.4, -0.2) is 32.9 Å². The first-order chi connectivity index (χ1) is 16.1. The fraction of sp³-hybridized carbons (Fsp3) is 0.407. The second kappa shape index (κ2) is 11.4. The molecule has 1 saturated carbocycles. The van der Waals surface area contributed by atoms with Crippen molar-refractivity contribution in [3.05, 3.63) is 59.7 Å². The van der Waals surface area contributed by atoms with Crippen molar-refractivity contribution in [3.8, 4) is 22.5 Å². The van der Waals surface area contributed by atoms with Gasteiger partial charge in [-0.15, -0.1) is 10.2 Å². The first-order valence-electron chi connectivity index (χ1n) is 11.9. The monoisotopic (exact) mass is 460 g/mol. The van der Waals surface area contributed by atoms with Crippen LogP contribution in [0.25, 0.3) is 22.5 Å². The van der Waals surface area contributed by atoms with Crippen molar-refractivity contribution in [2.75, 3.05) is 5.75 Å². The molecule has 0 aliphatic heterocycles. The van der Waals surface area contributed by atoms with Gasteiger partial charge in [-0.1, -0.05) is 104 Å². The van der Waals surface area contributed by atoms with Gasteiger partial charge in [0.05, 0.1) is 5.75 Å². The first kappa shape index (κ1) is 23.4. The number of rotatable bonds is 6. The molecule has 172 valence electrons. The van der Waals surface area contributed by atoms with Crippen LogP contribution in [0.2, 0.25) is 0 Å². The van der Waals surface area contributed by atoms with Gasteiger partial charge in [-0.2, -0.15) is 0 Å². The minimum absolute atomic E-state index is 0.0497. The summed E-state index contributed by atoms with van der Waals surface area (Å²) in [5.74, 6) is 0.351. The molecule has 1 aromatic heterocycles. The van der Waals surface area contributed by atoms with Crippen LogP contribution in [0.15, 0.2) is 53.7 Å². The van der Waals surface area contributed by atoms with E-state index in [1.165, 1.54) is 55.0 Å². The molecule has 0 saturated heterocycles. The Bertz CT molecular complexity index is 1060. The molecule has 1 aliphatic carbocycles. The number of amides is 1. The van der Waals surface area contributed by atoms with E-state index in [0.717, 1.165) is 35.4 Å². The highest BCUT2D eigenvalue weighted by Gasteiger charge is 2.17. The first-order valence-corrected chi connectivity index (χ1v) is 12.9. The number of nitrogens with one attached hydrogen (secondary N) is 1. The minimum atomic E-state index is 0.0497. The van der Waals surface area contributed by atoms with Gasteiger partial charge in [0.15, 0.2) is 0 Å². The van der Waals surface area contributed by atoms with Crippen molar-refractivity contribution in [2.24, 2.45) is 0 Å². The van der Waals surface area contributed by atoms with E-state index in [4.69, 9.17) is 4.98 Å². The molecule has 3 aromatic rings. The van der Waals surface area contributed by atoms with Crippen LogP contribution in [0, 0.1) is 13.8 Å². The van der Waals surface area contributed by atoms with Crippen molar-refractivity contribution in [1.29, 1.82) is 0 Å². The summed E-state index contributed by atoms with van der Waals surface area (Å²) >= 11 is 1.35. The van der Waals surface area contributed by atoms with Crippen molar-refractivity contribution in [1.82, 2.24) is 20.5 Å². The summed E-state index contributed by atoms with van der Waals surface area (Å²) in [6, 6.07) is 16.8. The topological polar surface area (TPSA) is 67.8 Å². The number of hydrogen-bond donors (Lipinski definition) is 1. The second-order valence-corrected chi connectivity index (χ2v) is 9.86. The van der Waals surface area contributed by atoms with Gasteiger partial charge in [-0.3, -0.25) is 4.79 Å². The number of nitrogens with zero attached hydrogens (tertiary/aromatic N) is 3. The highest BCUT2D eigenvalue weighted by atomic mass is 32.2. The van der Waals surface area contributed by atoms with E-state index < -0.39 is 0 Å². The van der Waals surface area contributed by atoms with Crippen LogP contribution in [0.4, 0.5) is 0 Å². The quantitative estimate of drug-likeness (QED) is 0.447. The van der Waals surface area contributed by atoms with Crippen molar-refractivity contribution < 1.29 is 4.79 Å². The van der Waals surface area contributed by atoms with Crippen molar-refractivity contribution >= 4 is 17.7 Å². The Morgan fingerprint density at radius 1 is 0.818 bits per heavy atom. The minimum Gasteiger partial charge on any atom is -0.353 e. The lowest BCUT2D eigenvalue weighted by Gasteiger charge is -2.20. The molecule has 0 radical (unpaired) electrons. The highest BCUT2D eigenvalue weighted by Crippen LogP contribution is 2.30. The Labute approximate surface area is 200 Å². The SMILES string of the molecule is Cc1ccc(-c2nnc(SCC(=O)NC3CCCCCCC3)nc2-c2ccc(C)cc2)cc1. The van der Waals surface area contributed by atoms with Gasteiger partial charge in [0, 0.05) is 17.2 Å². The summed E-state index contributed by atoms with van der Waals surface area (Å²) in [5.41, 5.74) is 5.90. The van der Waals surface area contributed by atoms with E-state index in [1.54, 1.807) is 0 Å². The summed E-state index contributed by atoms with van der Waals surface area (Å²) in [6.45, 7) is 4.13. The molecule has 1 heterocycles. The molecule has 1 fully saturated rings. The van der Waals surface area contributed by atoms with E-state index in [2.05, 4.69) is 65.8 Å². The van der Waals surface area contributed by atoms with Crippen LogP contribution < -0.4 is 5.32 Å². The molecular formula is C27H32N4OS. The summed E-state index contributed by atoms with van der Waals surface area (Å²) in [4.78, 5) is 17.4. The number of aryl methyl sites for hydroxylation is 2. The maximum absolute atomic E-state index is 12.6. The van der Waals surface area contributed by atoms with Crippen LogP contribution in [0.1, 0.15) is 56.1 Å². The van der Waals surface area contributed by atoms with Crippen LogP contribution in [-0.2, 0) is 4.79 Å². The standard InChI is InChI=1S/C27H32N4OS/c1-19-10-14-21(15-11-19)25-26(22-16-12-20(2)13-17-22)30-31-27(29-25)33-18-24(32)28-23-8-6-4-3-5-7-9-23/h10-17,23H,3-9,18H2,1-2H3,(H,28,32). The lowest BCUT2D eigenvalue weighted by molar-refractivity contribution is -0.119. The van der Waals surface area contributed by atoms with Gasteiger partial charge in [-0.05, 0) is 26.7 Å². The number of hydrogen-bond acceptors (Lipinski definition) is 5. The van der Waals surface area contributed by atoms with Gasteiger partial charge >= 0.3 is 0 Å². The normalized spacial score (nSPS) is 15.0. The maximum Gasteiger partial charge on any atom is 0.230 e. The zero-order valence-electron chi connectivity index (χ0n) is 19.5. The summed E-state index contributed by atoms with van der Waals surface area (Å²) in [6.07, 6.45) is 8.43. The molecule has 0 unspecified atom stereocenters. The van der Waals surface area contributed by atoms with E-state index in [0.29, 0.717) is 17.0 Å². The molecule has 0 spiro atoms. The average molecular weight is 461 g/mol.